The monoisotopic (exact) mass is 292 g/mol. The standard InChI is InChI=1S/C11H14Cl2N2OS/c1-17-6-5-14-7-10(16)15-11-8(12)3-2-4-9(11)13/h2-4,14H,5-7H2,1H3,(H,15,16). The van der Waals surface area contributed by atoms with Gasteiger partial charge in [-0.3, -0.25) is 4.79 Å². The number of carbonyl (C=O) groups is 1. The van der Waals surface area contributed by atoms with Crippen LogP contribution in [0.25, 0.3) is 0 Å². The molecule has 17 heavy (non-hydrogen) atoms. The van der Waals surface area contributed by atoms with Crippen LogP contribution in [0.2, 0.25) is 10.0 Å². The van der Waals surface area contributed by atoms with Crippen molar-refractivity contribution in [2.24, 2.45) is 0 Å². The van der Waals surface area contributed by atoms with Gasteiger partial charge in [0, 0.05) is 12.3 Å². The second-order valence-electron chi connectivity index (χ2n) is 3.31. The topological polar surface area (TPSA) is 41.1 Å². The van der Waals surface area contributed by atoms with Gasteiger partial charge < -0.3 is 10.6 Å². The van der Waals surface area contributed by atoms with Gasteiger partial charge in [0.1, 0.15) is 0 Å². The molecule has 0 saturated heterocycles. The molecule has 0 aliphatic rings. The van der Waals surface area contributed by atoms with E-state index in [4.69, 9.17) is 23.2 Å². The maximum atomic E-state index is 11.6. The van der Waals surface area contributed by atoms with Gasteiger partial charge in [0.15, 0.2) is 0 Å². The van der Waals surface area contributed by atoms with Crippen LogP contribution in [0.5, 0.6) is 0 Å². The van der Waals surface area contributed by atoms with E-state index < -0.39 is 0 Å². The second kappa shape index (κ2) is 7.82. The molecule has 1 aromatic carbocycles. The highest BCUT2D eigenvalue weighted by molar-refractivity contribution is 7.98. The summed E-state index contributed by atoms with van der Waals surface area (Å²) in [5.41, 5.74) is 0.465. The van der Waals surface area contributed by atoms with Gasteiger partial charge in [-0.2, -0.15) is 11.8 Å². The van der Waals surface area contributed by atoms with E-state index in [0.717, 1.165) is 12.3 Å². The molecule has 0 atom stereocenters. The highest BCUT2D eigenvalue weighted by Gasteiger charge is 2.08. The van der Waals surface area contributed by atoms with E-state index in [1.54, 1.807) is 30.0 Å². The summed E-state index contributed by atoms with van der Waals surface area (Å²) >= 11 is 13.6. The number of hydrogen-bond acceptors (Lipinski definition) is 3. The molecule has 94 valence electrons. The van der Waals surface area contributed by atoms with Crippen molar-refractivity contribution in [2.75, 3.05) is 30.4 Å². The maximum absolute atomic E-state index is 11.6. The van der Waals surface area contributed by atoms with Crippen LogP contribution in [0, 0.1) is 0 Å². The molecule has 0 aliphatic heterocycles. The summed E-state index contributed by atoms with van der Waals surface area (Å²) in [6.45, 7) is 1.05. The Hall–Kier alpha value is -0.420. The first-order chi connectivity index (χ1) is 8.15. The van der Waals surface area contributed by atoms with E-state index >= 15 is 0 Å². The van der Waals surface area contributed by atoms with Crippen molar-refractivity contribution in [3.05, 3.63) is 28.2 Å². The smallest absolute Gasteiger partial charge is 0.238 e. The SMILES string of the molecule is CSCCNCC(=O)Nc1c(Cl)cccc1Cl. The molecule has 0 heterocycles. The van der Waals surface area contributed by atoms with Crippen LogP contribution in [0.4, 0.5) is 5.69 Å². The quantitative estimate of drug-likeness (QED) is 0.792. The second-order valence-corrected chi connectivity index (χ2v) is 5.11. The third kappa shape index (κ3) is 5.17. The zero-order valence-electron chi connectivity index (χ0n) is 9.43. The normalized spacial score (nSPS) is 10.3. The Kier molecular flexibility index (Phi) is 6.73. The van der Waals surface area contributed by atoms with Crippen LogP contribution in [-0.2, 0) is 4.79 Å². The average Bonchev–Trinajstić information content (AvgIpc) is 2.30. The zero-order chi connectivity index (χ0) is 12.7. The molecule has 0 aliphatic carbocycles. The number of anilines is 1. The van der Waals surface area contributed by atoms with Crippen molar-refractivity contribution in [1.29, 1.82) is 0 Å². The molecule has 0 aromatic heterocycles. The molecule has 0 fully saturated rings. The largest absolute Gasteiger partial charge is 0.322 e. The Morgan fingerprint density at radius 1 is 1.35 bits per heavy atom. The molecule has 6 heteroatoms. The predicted octanol–water partition coefficient (Wildman–Crippen LogP) is 2.88. The first kappa shape index (κ1) is 14.6. The molecule has 0 spiro atoms. The highest BCUT2D eigenvalue weighted by atomic mass is 35.5. The van der Waals surface area contributed by atoms with Crippen LogP contribution in [-0.4, -0.2) is 31.0 Å². The fraction of sp³-hybridized carbons (Fsp3) is 0.364. The fourth-order valence-electron chi connectivity index (χ4n) is 1.18. The average molecular weight is 293 g/mol. The molecule has 0 radical (unpaired) electrons. The van der Waals surface area contributed by atoms with Gasteiger partial charge in [0.25, 0.3) is 0 Å². The lowest BCUT2D eigenvalue weighted by atomic mass is 10.3. The predicted molar refractivity (Wildman–Crippen MR) is 76.3 cm³/mol. The Bertz CT molecular complexity index is 367. The van der Waals surface area contributed by atoms with Crippen molar-refractivity contribution in [3.63, 3.8) is 0 Å². The van der Waals surface area contributed by atoms with Gasteiger partial charge in [-0.25, -0.2) is 0 Å². The zero-order valence-corrected chi connectivity index (χ0v) is 11.8. The molecular formula is C11H14Cl2N2OS. The van der Waals surface area contributed by atoms with Gasteiger partial charge in [-0.05, 0) is 18.4 Å². The van der Waals surface area contributed by atoms with Gasteiger partial charge >= 0.3 is 0 Å². The minimum Gasteiger partial charge on any atom is -0.322 e. The molecule has 0 saturated carbocycles. The van der Waals surface area contributed by atoms with Crippen LogP contribution in [0.1, 0.15) is 0 Å². The minimum atomic E-state index is -0.152. The van der Waals surface area contributed by atoms with Gasteiger partial charge in [0.2, 0.25) is 5.91 Å². The minimum absolute atomic E-state index is 0.152. The molecule has 0 bridgehead atoms. The highest BCUT2D eigenvalue weighted by Crippen LogP contribution is 2.29. The molecule has 1 aromatic rings. The van der Waals surface area contributed by atoms with Crippen LogP contribution in [0.15, 0.2) is 18.2 Å². The van der Waals surface area contributed by atoms with E-state index in [0.29, 0.717) is 15.7 Å². The molecule has 2 N–H and O–H groups in total. The first-order valence-electron chi connectivity index (χ1n) is 5.08. The lowest BCUT2D eigenvalue weighted by Gasteiger charge is -2.09. The number of hydrogen-bond donors (Lipinski definition) is 2. The summed E-state index contributed by atoms with van der Waals surface area (Å²) in [5, 5.41) is 6.59. The number of thioether (sulfide) groups is 1. The van der Waals surface area contributed by atoms with E-state index in [9.17, 15) is 4.79 Å². The number of carbonyl (C=O) groups excluding carboxylic acids is 1. The Morgan fingerprint density at radius 3 is 2.59 bits per heavy atom. The summed E-state index contributed by atoms with van der Waals surface area (Å²) < 4.78 is 0. The van der Waals surface area contributed by atoms with Crippen molar-refractivity contribution in [1.82, 2.24) is 5.32 Å². The summed E-state index contributed by atoms with van der Waals surface area (Å²) in [6, 6.07) is 5.10. The Balaban J connectivity index is 2.45. The van der Waals surface area contributed by atoms with Gasteiger partial charge in [0.05, 0.1) is 22.3 Å². The number of nitrogens with one attached hydrogen (secondary N) is 2. The van der Waals surface area contributed by atoms with E-state index in [1.807, 2.05) is 6.26 Å². The number of amides is 1. The van der Waals surface area contributed by atoms with Crippen LogP contribution >= 0.6 is 35.0 Å². The lowest BCUT2D eigenvalue weighted by molar-refractivity contribution is -0.115. The number of halogens is 2. The molecule has 1 amide bonds. The molecular weight excluding hydrogens is 279 g/mol. The molecule has 0 unspecified atom stereocenters. The Morgan fingerprint density at radius 2 is 2.00 bits per heavy atom. The maximum Gasteiger partial charge on any atom is 0.238 e. The van der Waals surface area contributed by atoms with Crippen LogP contribution in [0.3, 0.4) is 0 Å². The summed E-state index contributed by atoms with van der Waals surface area (Å²) in [7, 11) is 0. The number of rotatable bonds is 6. The van der Waals surface area contributed by atoms with E-state index in [-0.39, 0.29) is 12.5 Å². The number of benzene rings is 1. The Labute approximate surface area is 115 Å². The third-order valence-electron chi connectivity index (χ3n) is 2.00. The van der Waals surface area contributed by atoms with Crippen molar-refractivity contribution in [2.45, 2.75) is 0 Å². The third-order valence-corrected chi connectivity index (χ3v) is 3.24. The van der Waals surface area contributed by atoms with Crippen molar-refractivity contribution in [3.8, 4) is 0 Å². The lowest BCUT2D eigenvalue weighted by Crippen LogP contribution is -2.29. The summed E-state index contributed by atoms with van der Waals surface area (Å²) in [6.07, 6.45) is 2.02. The van der Waals surface area contributed by atoms with Crippen molar-refractivity contribution >= 4 is 46.6 Å². The first-order valence-corrected chi connectivity index (χ1v) is 7.23. The molecule has 1 rings (SSSR count). The van der Waals surface area contributed by atoms with Gasteiger partial charge in [-0.15, -0.1) is 0 Å². The van der Waals surface area contributed by atoms with Crippen LogP contribution < -0.4 is 10.6 Å². The van der Waals surface area contributed by atoms with E-state index in [1.165, 1.54) is 0 Å². The summed E-state index contributed by atoms with van der Waals surface area (Å²) in [5.74, 6) is 0.821. The fourth-order valence-corrected chi connectivity index (χ4v) is 2.02. The number of para-hydroxylation sites is 1. The van der Waals surface area contributed by atoms with Gasteiger partial charge in [-0.1, -0.05) is 29.3 Å². The van der Waals surface area contributed by atoms with Crippen molar-refractivity contribution < 1.29 is 4.79 Å². The molecule has 3 nitrogen and oxygen atoms in total. The van der Waals surface area contributed by atoms with E-state index in [2.05, 4.69) is 10.6 Å². The summed E-state index contributed by atoms with van der Waals surface area (Å²) in [4.78, 5) is 11.6.